The Labute approximate surface area is 148 Å². The number of rotatable bonds is 13. The second kappa shape index (κ2) is 15.6. The fourth-order valence-corrected chi connectivity index (χ4v) is 2.53. The SMILES string of the molecule is C=CC(=O)OC(C)CCOC(C)CC(CC)(COC)COC.CC. The molecule has 0 saturated heterocycles. The molecule has 144 valence electrons. The Morgan fingerprint density at radius 1 is 1.12 bits per heavy atom. The summed E-state index contributed by atoms with van der Waals surface area (Å²) in [6, 6.07) is 0. The Hall–Kier alpha value is -0.910. The van der Waals surface area contributed by atoms with Gasteiger partial charge >= 0.3 is 5.97 Å². The number of hydrogen-bond acceptors (Lipinski definition) is 5. The predicted molar refractivity (Wildman–Crippen MR) is 98.2 cm³/mol. The molecule has 2 unspecified atom stereocenters. The normalized spacial score (nSPS) is 13.5. The average molecular weight is 347 g/mol. The molecule has 0 aliphatic rings. The highest BCUT2D eigenvalue weighted by Gasteiger charge is 2.30. The van der Waals surface area contributed by atoms with Gasteiger partial charge in [-0.15, -0.1) is 0 Å². The second-order valence-electron chi connectivity index (χ2n) is 5.85. The zero-order valence-corrected chi connectivity index (χ0v) is 16.7. The summed E-state index contributed by atoms with van der Waals surface area (Å²) in [5.74, 6) is -0.397. The molecule has 0 aromatic heterocycles. The maximum Gasteiger partial charge on any atom is 0.330 e. The molecular formula is C19H38O5. The third-order valence-corrected chi connectivity index (χ3v) is 3.78. The molecule has 0 aliphatic carbocycles. The molecule has 0 rings (SSSR count). The average Bonchev–Trinajstić information content (AvgIpc) is 2.56. The third-order valence-electron chi connectivity index (χ3n) is 3.78. The third kappa shape index (κ3) is 11.6. The molecule has 2 atom stereocenters. The van der Waals surface area contributed by atoms with Gasteiger partial charge in [0.1, 0.15) is 6.10 Å². The molecule has 0 bridgehead atoms. The summed E-state index contributed by atoms with van der Waals surface area (Å²) >= 11 is 0. The van der Waals surface area contributed by atoms with E-state index in [4.69, 9.17) is 18.9 Å². The summed E-state index contributed by atoms with van der Waals surface area (Å²) in [6.45, 7) is 15.3. The molecule has 0 radical (unpaired) electrons. The van der Waals surface area contributed by atoms with Crippen molar-refractivity contribution in [2.75, 3.05) is 34.0 Å². The molecule has 5 nitrogen and oxygen atoms in total. The van der Waals surface area contributed by atoms with Crippen LogP contribution in [0.5, 0.6) is 0 Å². The summed E-state index contributed by atoms with van der Waals surface area (Å²) in [6.07, 6.45) is 3.59. The molecule has 0 aromatic rings. The largest absolute Gasteiger partial charge is 0.459 e. The van der Waals surface area contributed by atoms with Gasteiger partial charge in [0.15, 0.2) is 0 Å². The quantitative estimate of drug-likeness (QED) is 0.373. The fraction of sp³-hybridized carbons (Fsp3) is 0.842. The van der Waals surface area contributed by atoms with Crippen molar-refractivity contribution >= 4 is 5.97 Å². The molecule has 0 heterocycles. The van der Waals surface area contributed by atoms with Crippen molar-refractivity contribution in [1.82, 2.24) is 0 Å². The first-order chi connectivity index (χ1) is 11.4. The van der Waals surface area contributed by atoms with Gasteiger partial charge in [0.25, 0.3) is 0 Å². The molecule has 5 heteroatoms. The maximum absolute atomic E-state index is 11.1. The van der Waals surface area contributed by atoms with E-state index in [2.05, 4.69) is 20.4 Å². The molecule has 24 heavy (non-hydrogen) atoms. The van der Waals surface area contributed by atoms with Crippen LogP contribution < -0.4 is 0 Å². The van der Waals surface area contributed by atoms with Gasteiger partial charge in [-0.3, -0.25) is 0 Å². The van der Waals surface area contributed by atoms with E-state index in [1.165, 1.54) is 6.08 Å². The van der Waals surface area contributed by atoms with Crippen molar-refractivity contribution in [2.24, 2.45) is 5.41 Å². The first-order valence-electron chi connectivity index (χ1n) is 8.85. The van der Waals surface area contributed by atoms with E-state index in [1.54, 1.807) is 14.2 Å². The predicted octanol–water partition coefficient (Wildman–Crippen LogP) is 4.00. The van der Waals surface area contributed by atoms with Crippen LogP contribution >= 0.6 is 0 Å². The summed E-state index contributed by atoms with van der Waals surface area (Å²) in [7, 11) is 3.42. The Morgan fingerprint density at radius 2 is 1.67 bits per heavy atom. The second-order valence-corrected chi connectivity index (χ2v) is 5.85. The van der Waals surface area contributed by atoms with Crippen molar-refractivity contribution in [3.05, 3.63) is 12.7 Å². The van der Waals surface area contributed by atoms with E-state index >= 15 is 0 Å². The smallest absolute Gasteiger partial charge is 0.330 e. The molecule has 0 aromatic carbocycles. The van der Waals surface area contributed by atoms with Crippen molar-refractivity contribution in [1.29, 1.82) is 0 Å². The highest BCUT2D eigenvalue weighted by Crippen LogP contribution is 2.30. The lowest BCUT2D eigenvalue weighted by atomic mass is 9.81. The summed E-state index contributed by atoms with van der Waals surface area (Å²) in [5, 5.41) is 0. The summed E-state index contributed by atoms with van der Waals surface area (Å²) in [5.41, 5.74) is -0.0240. The topological polar surface area (TPSA) is 54.0 Å². The van der Waals surface area contributed by atoms with E-state index in [-0.39, 0.29) is 17.6 Å². The monoisotopic (exact) mass is 346 g/mol. The van der Waals surface area contributed by atoms with E-state index < -0.39 is 5.97 Å². The van der Waals surface area contributed by atoms with Crippen LogP contribution in [0.2, 0.25) is 0 Å². The number of ether oxygens (including phenoxy) is 4. The van der Waals surface area contributed by atoms with Gasteiger partial charge < -0.3 is 18.9 Å². The van der Waals surface area contributed by atoms with Crippen molar-refractivity contribution in [2.45, 2.75) is 66.1 Å². The van der Waals surface area contributed by atoms with E-state index in [9.17, 15) is 4.79 Å². The lowest BCUT2D eigenvalue weighted by molar-refractivity contribution is -0.143. The van der Waals surface area contributed by atoms with Crippen LogP contribution in [0.15, 0.2) is 12.7 Å². The molecule has 0 amide bonds. The van der Waals surface area contributed by atoms with Crippen molar-refractivity contribution in [3.63, 3.8) is 0 Å². The van der Waals surface area contributed by atoms with E-state index in [0.29, 0.717) is 26.2 Å². The Balaban J connectivity index is 0. The van der Waals surface area contributed by atoms with E-state index in [1.807, 2.05) is 20.8 Å². The van der Waals surface area contributed by atoms with Crippen LogP contribution in [0.4, 0.5) is 0 Å². The molecular weight excluding hydrogens is 308 g/mol. The van der Waals surface area contributed by atoms with Crippen LogP contribution in [0.25, 0.3) is 0 Å². The van der Waals surface area contributed by atoms with Gasteiger partial charge in [-0.05, 0) is 26.7 Å². The fourth-order valence-electron chi connectivity index (χ4n) is 2.53. The van der Waals surface area contributed by atoms with Gasteiger partial charge in [0, 0.05) is 32.1 Å². The molecule has 0 spiro atoms. The van der Waals surface area contributed by atoms with Gasteiger partial charge in [-0.1, -0.05) is 27.4 Å². The Bertz CT molecular complexity index is 311. The van der Waals surface area contributed by atoms with Crippen LogP contribution in [-0.4, -0.2) is 52.2 Å². The lowest BCUT2D eigenvalue weighted by Crippen LogP contribution is -2.35. The molecule has 0 aliphatic heterocycles. The van der Waals surface area contributed by atoms with Crippen LogP contribution in [0, 0.1) is 5.41 Å². The lowest BCUT2D eigenvalue weighted by Gasteiger charge is -2.33. The Morgan fingerprint density at radius 3 is 2.08 bits per heavy atom. The highest BCUT2D eigenvalue weighted by molar-refractivity contribution is 5.81. The standard InChI is InChI=1S/C17H32O5.C2H6/c1-7-16(18)22-14(3)9-10-21-15(4)11-17(8-2,12-19-5)13-20-6;1-2/h7,14-15H,1,8-13H2,2-6H3;1-2H3. The van der Waals surface area contributed by atoms with Crippen LogP contribution in [-0.2, 0) is 23.7 Å². The first-order valence-corrected chi connectivity index (χ1v) is 8.85. The zero-order valence-electron chi connectivity index (χ0n) is 16.7. The van der Waals surface area contributed by atoms with Gasteiger partial charge in [0.2, 0.25) is 0 Å². The highest BCUT2D eigenvalue weighted by atomic mass is 16.5. The van der Waals surface area contributed by atoms with Gasteiger partial charge in [-0.25, -0.2) is 4.79 Å². The number of carbonyl (C=O) groups is 1. The number of esters is 1. The first kappa shape index (κ1) is 25.3. The maximum atomic E-state index is 11.1. The number of hydrogen-bond donors (Lipinski definition) is 0. The van der Waals surface area contributed by atoms with Gasteiger partial charge in [0.05, 0.1) is 25.9 Å². The minimum absolute atomic E-state index is 0.0240. The Kier molecular flexibility index (Phi) is 16.5. The van der Waals surface area contributed by atoms with Crippen LogP contribution in [0.3, 0.4) is 0 Å². The molecule has 0 N–H and O–H groups in total. The molecule has 0 saturated carbocycles. The van der Waals surface area contributed by atoms with Crippen molar-refractivity contribution < 1.29 is 23.7 Å². The number of carbonyl (C=O) groups excluding carboxylic acids is 1. The zero-order chi connectivity index (χ0) is 19.0. The summed E-state index contributed by atoms with van der Waals surface area (Å²) < 4.78 is 21.6. The summed E-state index contributed by atoms with van der Waals surface area (Å²) in [4.78, 5) is 11.1. The minimum Gasteiger partial charge on any atom is -0.459 e. The van der Waals surface area contributed by atoms with Crippen molar-refractivity contribution in [3.8, 4) is 0 Å². The van der Waals surface area contributed by atoms with E-state index in [0.717, 1.165) is 12.8 Å². The molecule has 0 fully saturated rings. The number of methoxy groups -OCH3 is 2. The van der Waals surface area contributed by atoms with Gasteiger partial charge in [-0.2, -0.15) is 0 Å². The van der Waals surface area contributed by atoms with Crippen LogP contribution in [0.1, 0.15) is 53.9 Å². The minimum atomic E-state index is -0.397.